The molecule has 40 heavy (non-hydrogen) atoms. The highest BCUT2D eigenvalue weighted by molar-refractivity contribution is 5.97. The number of hydrogen-bond acceptors (Lipinski definition) is 8. The van der Waals surface area contributed by atoms with Gasteiger partial charge in [0.2, 0.25) is 0 Å². The van der Waals surface area contributed by atoms with Gasteiger partial charge in [0.05, 0.1) is 35.4 Å². The van der Waals surface area contributed by atoms with Crippen LogP contribution in [0.4, 0.5) is 0 Å². The number of piperidine rings is 1. The minimum absolute atomic E-state index is 0.103. The first-order valence-electron chi connectivity index (χ1n) is 14.2. The lowest BCUT2D eigenvalue weighted by molar-refractivity contribution is 0.0786. The minimum atomic E-state index is -0.199. The Labute approximate surface area is 234 Å². The fourth-order valence-corrected chi connectivity index (χ4v) is 4.94. The minimum Gasteiger partial charge on any atom is -0.393 e. The third kappa shape index (κ3) is 7.57. The van der Waals surface area contributed by atoms with E-state index in [0.717, 1.165) is 81.5 Å². The van der Waals surface area contributed by atoms with Crippen LogP contribution in [0.25, 0.3) is 16.9 Å². The van der Waals surface area contributed by atoms with E-state index in [1.165, 1.54) is 0 Å². The van der Waals surface area contributed by atoms with Crippen LogP contribution in [0.15, 0.2) is 61.2 Å². The first-order chi connectivity index (χ1) is 19.7. The summed E-state index contributed by atoms with van der Waals surface area (Å²) in [6.45, 7) is 3.86. The van der Waals surface area contributed by atoms with Crippen molar-refractivity contribution in [2.24, 2.45) is 0 Å². The van der Waals surface area contributed by atoms with Gasteiger partial charge in [0.1, 0.15) is 5.69 Å². The number of aliphatic hydroxyl groups is 1. The van der Waals surface area contributed by atoms with Crippen LogP contribution in [0.5, 0.6) is 0 Å². The van der Waals surface area contributed by atoms with Crippen molar-refractivity contribution >= 4 is 5.91 Å². The van der Waals surface area contributed by atoms with Crippen LogP contribution in [0.1, 0.15) is 61.0 Å². The number of aryl methyl sites for hydroxylation is 1. The Hall–Kier alpha value is -3.96. The number of hydrogen-bond donors (Lipinski definition) is 2. The molecule has 1 amide bonds. The van der Waals surface area contributed by atoms with Gasteiger partial charge in [-0.15, -0.1) is 10.2 Å². The van der Waals surface area contributed by atoms with Crippen LogP contribution in [-0.4, -0.2) is 76.6 Å². The number of benzene rings is 1. The molecular formula is C29H37N9O2. The molecule has 3 aromatic heterocycles. The van der Waals surface area contributed by atoms with Crippen molar-refractivity contribution in [2.75, 3.05) is 19.6 Å². The number of aliphatic hydroxyl groups excluding tert-OH is 1. The first kappa shape index (κ1) is 27.6. The van der Waals surface area contributed by atoms with E-state index >= 15 is 0 Å². The number of aromatic nitrogens is 7. The molecule has 4 heterocycles. The largest absolute Gasteiger partial charge is 0.393 e. The van der Waals surface area contributed by atoms with Crippen LogP contribution in [0, 0.1) is 0 Å². The normalized spacial score (nSPS) is 14.4. The Morgan fingerprint density at radius 3 is 2.62 bits per heavy atom. The molecule has 0 aliphatic carbocycles. The fourth-order valence-electron chi connectivity index (χ4n) is 4.94. The van der Waals surface area contributed by atoms with Crippen LogP contribution in [0.2, 0.25) is 0 Å². The zero-order valence-corrected chi connectivity index (χ0v) is 22.8. The Bertz CT molecular complexity index is 1350. The maximum Gasteiger partial charge on any atom is 0.253 e. The number of likely N-dealkylation sites (tertiary alicyclic amines) is 1. The monoisotopic (exact) mass is 543 g/mol. The molecule has 11 heteroatoms. The Balaban J connectivity index is 1.01. The molecule has 210 valence electrons. The van der Waals surface area contributed by atoms with E-state index in [0.29, 0.717) is 24.3 Å². The van der Waals surface area contributed by atoms with Crippen molar-refractivity contribution in [3.05, 3.63) is 72.4 Å². The predicted molar refractivity (Wildman–Crippen MR) is 151 cm³/mol. The van der Waals surface area contributed by atoms with Crippen molar-refractivity contribution in [3.8, 4) is 16.9 Å². The van der Waals surface area contributed by atoms with Gasteiger partial charge >= 0.3 is 0 Å². The Morgan fingerprint density at radius 1 is 0.950 bits per heavy atom. The number of para-hydroxylation sites is 1. The number of rotatable bonds is 13. The molecule has 1 aromatic carbocycles. The number of nitrogens with zero attached hydrogens (tertiary/aromatic N) is 8. The Morgan fingerprint density at radius 2 is 1.77 bits per heavy atom. The summed E-state index contributed by atoms with van der Waals surface area (Å²) in [5, 5.41) is 29.8. The maximum atomic E-state index is 13.0. The number of carbonyl (C=O) groups is 1. The molecule has 0 unspecified atom stereocenters. The van der Waals surface area contributed by atoms with E-state index in [2.05, 4.69) is 35.8 Å². The molecule has 5 rings (SSSR count). The molecule has 11 nitrogen and oxygen atoms in total. The van der Waals surface area contributed by atoms with Gasteiger partial charge < -0.3 is 10.4 Å². The summed E-state index contributed by atoms with van der Waals surface area (Å²) in [6.07, 6.45) is 14.0. The summed E-state index contributed by atoms with van der Waals surface area (Å²) in [5.74, 6) is -0.103. The number of unbranched alkanes of at least 4 members (excludes halogenated alkanes) is 4. The van der Waals surface area contributed by atoms with Gasteiger partial charge in [-0.1, -0.05) is 41.8 Å². The summed E-state index contributed by atoms with van der Waals surface area (Å²) in [7, 11) is 0. The Kier molecular flexibility index (Phi) is 9.59. The summed E-state index contributed by atoms with van der Waals surface area (Å²) in [4.78, 5) is 19.4. The highest BCUT2D eigenvalue weighted by Crippen LogP contribution is 2.17. The second-order valence-electron chi connectivity index (χ2n) is 10.3. The highest BCUT2D eigenvalue weighted by Gasteiger charge is 2.19. The van der Waals surface area contributed by atoms with Crippen molar-refractivity contribution in [1.29, 1.82) is 0 Å². The van der Waals surface area contributed by atoms with Crippen molar-refractivity contribution in [1.82, 2.24) is 45.2 Å². The smallest absolute Gasteiger partial charge is 0.253 e. The molecule has 1 aliphatic heterocycles. The van der Waals surface area contributed by atoms with Gasteiger partial charge in [-0.2, -0.15) is 0 Å². The van der Waals surface area contributed by atoms with Gasteiger partial charge in [-0.25, -0.2) is 4.68 Å². The van der Waals surface area contributed by atoms with E-state index < -0.39 is 0 Å². The highest BCUT2D eigenvalue weighted by atomic mass is 16.3. The van der Waals surface area contributed by atoms with E-state index in [-0.39, 0.29) is 12.0 Å². The van der Waals surface area contributed by atoms with Gasteiger partial charge in [-0.3, -0.25) is 19.4 Å². The summed E-state index contributed by atoms with van der Waals surface area (Å²) < 4.78 is 3.56. The molecule has 4 aromatic rings. The number of carbonyl (C=O) groups excluding carboxylic acids is 1. The molecule has 0 spiro atoms. The number of amides is 1. The van der Waals surface area contributed by atoms with Crippen LogP contribution in [0.3, 0.4) is 0 Å². The topological polar surface area (TPSA) is 127 Å². The lowest BCUT2D eigenvalue weighted by Gasteiger charge is -2.28. The zero-order valence-electron chi connectivity index (χ0n) is 22.8. The molecular weight excluding hydrogens is 506 g/mol. The standard InChI is InChI=1S/C29H37N9O2/c39-25-12-17-36(18-13-25)20-24-21-38(35-32-24)28-11-5-4-10-26(28)29(40)31-15-6-2-1-3-7-16-37-22-27(33-34-37)23-9-8-14-30-19-23/h4-5,8-11,14,19,21-22,25,39H,1-3,6-7,12-13,15-18,20H2,(H,31,40). The molecule has 0 atom stereocenters. The lowest BCUT2D eigenvalue weighted by Crippen LogP contribution is -2.35. The van der Waals surface area contributed by atoms with Gasteiger partial charge in [-0.05, 0) is 49.9 Å². The molecule has 1 aliphatic rings. The van der Waals surface area contributed by atoms with Crippen molar-refractivity contribution in [2.45, 2.75) is 64.1 Å². The third-order valence-electron chi connectivity index (χ3n) is 7.22. The average Bonchev–Trinajstić information content (AvgIpc) is 3.66. The van der Waals surface area contributed by atoms with E-state index in [1.807, 2.05) is 53.5 Å². The molecule has 0 bridgehead atoms. The van der Waals surface area contributed by atoms with Crippen molar-refractivity contribution in [3.63, 3.8) is 0 Å². The van der Waals surface area contributed by atoms with Gasteiger partial charge in [0.25, 0.3) is 5.91 Å². The molecule has 2 N–H and O–H groups in total. The van der Waals surface area contributed by atoms with Crippen molar-refractivity contribution < 1.29 is 9.90 Å². The quantitative estimate of drug-likeness (QED) is 0.246. The molecule has 0 radical (unpaired) electrons. The van der Waals surface area contributed by atoms with Crippen LogP contribution in [-0.2, 0) is 13.1 Å². The third-order valence-corrected chi connectivity index (χ3v) is 7.22. The average molecular weight is 544 g/mol. The van der Waals surface area contributed by atoms with Crippen LogP contribution >= 0.6 is 0 Å². The number of nitrogens with one attached hydrogen (secondary N) is 1. The lowest BCUT2D eigenvalue weighted by atomic mass is 10.1. The predicted octanol–water partition coefficient (Wildman–Crippen LogP) is 3.26. The van der Waals surface area contributed by atoms with Gasteiger partial charge in [0.15, 0.2) is 0 Å². The summed E-state index contributed by atoms with van der Waals surface area (Å²) in [5.41, 5.74) is 3.96. The second-order valence-corrected chi connectivity index (χ2v) is 10.3. The molecule has 0 saturated carbocycles. The van der Waals surface area contributed by atoms with Crippen LogP contribution < -0.4 is 5.32 Å². The van der Waals surface area contributed by atoms with E-state index in [9.17, 15) is 9.90 Å². The first-order valence-corrected chi connectivity index (χ1v) is 14.2. The van der Waals surface area contributed by atoms with E-state index in [1.54, 1.807) is 17.1 Å². The maximum absolute atomic E-state index is 13.0. The second kappa shape index (κ2) is 13.9. The summed E-state index contributed by atoms with van der Waals surface area (Å²) >= 11 is 0. The zero-order chi connectivity index (χ0) is 27.6. The number of pyridine rings is 1. The van der Waals surface area contributed by atoms with Gasteiger partial charge in [0, 0.05) is 50.7 Å². The SMILES string of the molecule is O=C(NCCCCCCCn1cc(-c2cccnc2)nn1)c1ccccc1-n1cc(CN2CCC(O)CC2)nn1. The summed E-state index contributed by atoms with van der Waals surface area (Å²) in [6, 6.07) is 11.4. The molecule has 1 saturated heterocycles. The van der Waals surface area contributed by atoms with E-state index in [4.69, 9.17) is 0 Å². The molecule has 1 fully saturated rings. The fraction of sp³-hybridized carbons (Fsp3) is 0.448.